The Morgan fingerprint density at radius 2 is 1.73 bits per heavy atom. The van der Waals surface area contributed by atoms with Gasteiger partial charge in [0.05, 0.1) is 17.7 Å². The Bertz CT molecular complexity index is 1480. The smallest absolute Gasteiger partial charge is 0.341 e. The van der Waals surface area contributed by atoms with E-state index in [-0.39, 0.29) is 12.0 Å². The zero-order valence-electron chi connectivity index (χ0n) is 19.9. The second-order valence-electron chi connectivity index (χ2n) is 9.44. The molecule has 0 bridgehead atoms. The van der Waals surface area contributed by atoms with E-state index < -0.39 is 35.2 Å². The van der Waals surface area contributed by atoms with Gasteiger partial charge in [-0.2, -0.15) is 4.58 Å². The van der Waals surface area contributed by atoms with Gasteiger partial charge in [0.1, 0.15) is 24.2 Å². The van der Waals surface area contributed by atoms with Crippen LogP contribution in [-0.2, 0) is 20.8 Å². The molecule has 3 aromatic rings. The van der Waals surface area contributed by atoms with E-state index in [1.54, 1.807) is 0 Å². The van der Waals surface area contributed by atoms with Crippen LogP contribution < -0.4 is 5.32 Å². The summed E-state index contributed by atoms with van der Waals surface area (Å²) in [5.41, 5.74) is 2.49. The number of hydrogen-bond donors (Lipinski definition) is 1. The molecule has 186 valence electrons. The Hall–Kier alpha value is -4.40. The summed E-state index contributed by atoms with van der Waals surface area (Å²) >= 11 is 0. The molecule has 0 aromatic heterocycles. The topological polar surface area (TPSA) is 74.0 Å². The summed E-state index contributed by atoms with van der Waals surface area (Å²) in [6, 6.07) is 20.5. The second kappa shape index (κ2) is 8.62. The maximum atomic E-state index is 13.6. The second-order valence-corrected chi connectivity index (χ2v) is 9.44. The number of benzene rings is 3. The summed E-state index contributed by atoms with van der Waals surface area (Å²) in [5, 5.41) is 3.96. The monoisotopic (exact) mass is 501 g/mol. The van der Waals surface area contributed by atoms with E-state index in [0.717, 1.165) is 40.7 Å². The lowest BCUT2D eigenvalue weighted by Gasteiger charge is -2.36. The molecule has 1 saturated carbocycles. The van der Waals surface area contributed by atoms with Crippen LogP contribution in [-0.4, -0.2) is 51.8 Å². The van der Waals surface area contributed by atoms with Gasteiger partial charge in [0.2, 0.25) is 11.6 Å². The molecule has 3 aliphatic rings. The number of carbonyl (C=O) groups excluding carboxylic acids is 2. The largest absolute Gasteiger partial charge is 0.416 e. The zero-order valence-corrected chi connectivity index (χ0v) is 19.9. The van der Waals surface area contributed by atoms with Gasteiger partial charge in [-0.1, -0.05) is 42.5 Å². The first kappa shape index (κ1) is 23.0. The van der Waals surface area contributed by atoms with Crippen LogP contribution >= 0.6 is 0 Å². The number of aliphatic imine (C=N–C) groups is 1. The minimum atomic E-state index is -1.13. The summed E-state index contributed by atoms with van der Waals surface area (Å²) in [6.07, 6.45) is -0.0866. The predicted molar refractivity (Wildman–Crippen MR) is 131 cm³/mol. The predicted octanol–water partition coefficient (Wildman–Crippen LogP) is 3.48. The van der Waals surface area contributed by atoms with Crippen LogP contribution in [0.15, 0.2) is 77.8 Å². The highest BCUT2D eigenvalue weighted by atomic mass is 19.1. The van der Waals surface area contributed by atoms with Crippen LogP contribution in [0.1, 0.15) is 29.5 Å². The fourth-order valence-electron chi connectivity index (χ4n) is 4.78. The van der Waals surface area contributed by atoms with Gasteiger partial charge < -0.3 is 10.2 Å². The van der Waals surface area contributed by atoms with Gasteiger partial charge in [0, 0.05) is 17.7 Å². The van der Waals surface area contributed by atoms with Crippen LogP contribution in [0, 0.1) is 11.6 Å². The number of nitrogens with zero attached hydrogens (tertiary/aromatic N) is 3. The highest BCUT2D eigenvalue weighted by Gasteiger charge is 2.61. The van der Waals surface area contributed by atoms with E-state index in [9.17, 15) is 18.4 Å². The lowest BCUT2D eigenvalue weighted by molar-refractivity contribution is -0.439. The van der Waals surface area contributed by atoms with E-state index >= 15 is 0 Å². The Balaban J connectivity index is 1.27. The molecular formula is C28H23F2N4O3+. The standard InChI is InChI=1S/C28H22F2N4O3/c1-33-22-10-6-5-9-21(22)24(18-7-3-2-4-8-18)31-25-26(33)37-34(25)27(36)28(11-12-28)32-23(35)15-17-13-19(29)16-20(30)14-17/h2-10,13-14,16,25H,11-12,15H2,1H3/p+1/t25-/m0/s1. The number of nitrogens with one attached hydrogen (secondary N) is 1. The average molecular weight is 502 g/mol. The summed E-state index contributed by atoms with van der Waals surface area (Å²) in [4.78, 5) is 37.1. The van der Waals surface area contributed by atoms with Crippen LogP contribution in [0.3, 0.4) is 0 Å². The van der Waals surface area contributed by atoms with Crippen molar-refractivity contribution in [1.82, 2.24) is 10.4 Å². The molecule has 6 rings (SSSR count). The number of rotatable bonds is 5. The van der Waals surface area contributed by atoms with E-state index in [2.05, 4.69) is 5.32 Å². The van der Waals surface area contributed by atoms with Crippen molar-refractivity contribution in [3.05, 3.63) is 101 Å². The molecule has 1 saturated heterocycles. The van der Waals surface area contributed by atoms with Gasteiger partial charge in [-0.3, -0.25) is 9.59 Å². The lowest BCUT2D eigenvalue weighted by Crippen LogP contribution is -2.64. The highest BCUT2D eigenvalue weighted by Crippen LogP contribution is 2.41. The molecule has 0 radical (unpaired) electrons. The summed E-state index contributed by atoms with van der Waals surface area (Å²) in [7, 11) is 1.86. The molecular weight excluding hydrogens is 478 g/mol. The zero-order chi connectivity index (χ0) is 25.7. The van der Waals surface area contributed by atoms with Crippen molar-refractivity contribution < 1.29 is 27.8 Å². The molecule has 7 nitrogen and oxygen atoms in total. The summed E-state index contributed by atoms with van der Waals surface area (Å²) < 4.78 is 28.9. The minimum Gasteiger partial charge on any atom is -0.341 e. The number of amides is 2. The third-order valence-corrected chi connectivity index (χ3v) is 6.81. The molecule has 3 aromatic carbocycles. The van der Waals surface area contributed by atoms with E-state index in [0.29, 0.717) is 18.7 Å². The third-order valence-electron chi connectivity index (χ3n) is 6.81. The van der Waals surface area contributed by atoms with Gasteiger partial charge in [-0.25, -0.2) is 13.8 Å². The Morgan fingerprint density at radius 1 is 1.05 bits per heavy atom. The molecule has 2 aliphatic heterocycles. The maximum absolute atomic E-state index is 13.6. The van der Waals surface area contributed by atoms with Gasteiger partial charge in [-0.05, 0) is 36.6 Å². The van der Waals surface area contributed by atoms with Crippen molar-refractivity contribution in [3.8, 4) is 0 Å². The van der Waals surface area contributed by atoms with Crippen LogP contribution in [0.5, 0.6) is 0 Å². The number of carbonyl (C=O) groups is 2. The Morgan fingerprint density at radius 3 is 2.43 bits per heavy atom. The number of fused-ring (bicyclic) bond motifs is 2. The molecule has 1 atom stereocenters. The van der Waals surface area contributed by atoms with Gasteiger partial charge in [0.25, 0.3) is 12.1 Å². The minimum absolute atomic E-state index is 0.189. The van der Waals surface area contributed by atoms with Gasteiger partial charge >= 0.3 is 5.90 Å². The molecule has 0 spiro atoms. The summed E-state index contributed by atoms with van der Waals surface area (Å²) in [5.74, 6) is -1.93. The van der Waals surface area contributed by atoms with Gasteiger partial charge in [0.15, 0.2) is 0 Å². The fraction of sp³-hybridized carbons (Fsp3) is 0.214. The molecule has 9 heteroatoms. The number of hydrogen-bond acceptors (Lipinski definition) is 4. The molecule has 2 heterocycles. The van der Waals surface area contributed by atoms with Crippen molar-refractivity contribution >= 4 is 29.1 Å². The first-order valence-electron chi connectivity index (χ1n) is 12.0. The van der Waals surface area contributed by atoms with E-state index in [1.165, 1.54) is 5.06 Å². The molecule has 1 aliphatic carbocycles. The molecule has 0 unspecified atom stereocenters. The van der Waals surface area contributed by atoms with Crippen molar-refractivity contribution in [2.45, 2.75) is 31.0 Å². The number of halogens is 2. The highest BCUT2D eigenvalue weighted by molar-refractivity contribution is 6.17. The van der Waals surface area contributed by atoms with E-state index in [1.807, 2.05) is 66.2 Å². The maximum Gasteiger partial charge on any atom is 0.416 e. The van der Waals surface area contributed by atoms with Crippen molar-refractivity contribution in [2.75, 3.05) is 7.05 Å². The van der Waals surface area contributed by atoms with Crippen LogP contribution in [0.2, 0.25) is 0 Å². The molecule has 1 N–H and O–H groups in total. The quantitative estimate of drug-likeness (QED) is 0.544. The van der Waals surface area contributed by atoms with Crippen molar-refractivity contribution in [1.29, 1.82) is 0 Å². The number of para-hydroxylation sites is 1. The molecule has 2 fully saturated rings. The first-order chi connectivity index (χ1) is 17.8. The molecule has 2 amide bonds. The van der Waals surface area contributed by atoms with E-state index in [4.69, 9.17) is 9.83 Å². The normalized spacial score (nSPS) is 18.9. The Kier molecular flexibility index (Phi) is 5.36. The van der Waals surface area contributed by atoms with Crippen molar-refractivity contribution in [3.63, 3.8) is 0 Å². The Labute approximate surface area is 211 Å². The van der Waals surface area contributed by atoms with Crippen molar-refractivity contribution in [2.24, 2.45) is 4.99 Å². The van der Waals surface area contributed by atoms with Gasteiger partial charge in [-0.15, -0.1) is 5.06 Å². The SMILES string of the molecule is C[N+]1=C2ON(C(=O)C3(NC(=O)Cc4cc(F)cc(F)c4)CC3)[C@@H]2N=C(c2ccccc2)c2ccccc21. The first-order valence-corrected chi connectivity index (χ1v) is 12.0. The third kappa shape index (κ3) is 4.06. The number of hydroxylamine groups is 2. The average Bonchev–Trinajstić information content (AvgIpc) is 3.64. The fourth-order valence-corrected chi connectivity index (χ4v) is 4.78. The van der Waals surface area contributed by atoms with Crippen LogP contribution in [0.4, 0.5) is 14.5 Å². The lowest BCUT2D eigenvalue weighted by atomic mass is 10.0. The molecule has 37 heavy (non-hydrogen) atoms. The summed E-state index contributed by atoms with van der Waals surface area (Å²) in [6.45, 7) is 0. The van der Waals surface area contributed by atoms with Crippen LogP contribution in [0.25, 0.3) is 0 Å².